The normalized spacial score (nSPS) is 13.4. The van der Waals surface area contributed by atoms with Gasteiger partial charge in [0.25, 0.3) is 11.8 Å². The van der Waals surface area contributed by atoms with Gasteiger partial charge < -0.3 is 20.7 Å². The monoisotopic (exact) mass is 465 g/mol. The molecule has 0 fully saturated rings. The van der Waals surface area contributed by atoms with Crippen molar-refractivity contribution in [2.45, 2.75) is 31.7 Å². The van der Waals surface area contributed by atoms with E-state index in [9.17, 15) is 22.8 Å². The zero-order valence-corrected chi connectivity index (χ0v) is 18.8. The lowest BCUT2D eigenvalue weighted by Gasteiger charge is -2.26. The van der Waals surface area contributed by atoms with Gasteiger partial charge in [0, 0.05) is 17.0 Å². The predicted octanol–water partition coefficient (Wildman–Crippen LogP) is 2.41. The van der Waals surface area contributed by atoms with Gasteiger partial charge in [0.1, 0.15) is 5.00 Å². The number of ether oxygens (including phenoxy) is 1. The number of anilines is 1. The lowest BCUT2D eigenvalue weighted by molar-refractivity contribution is 0.0997. The van der Waals surface area contributed by atoms with Crippen LogP contribution in [0.3, 0.4) is 0 Å². The van der Waals surface area contributed by atoms with Crippen LogP contribution in [0.1, 0.15) is 45.0 Å². The molecule has 0 saturated carbocycles. The third-order valence-corrected chi connectivity index (χ3v) is 7.79. The molecule has 11 heteroatoms. The molecule has 31 heavy (non-hydrogen) atoms. The number of sulfone groups is 1. The molecular weight excluding hydrogens is 442 g/mol. The van der Waals surface area contributed by atoms with Gasteiger partial charge in [-0.05, 0) is 43.2 Å². The SMILES string of the molecule is CCOC(=O)N1CCc2c(sc(NC(=O)c3ccc(S(=O)(=O)CC)cc3)c2C(N)=O)C1. The third-order valence-electron chi connectivity index (χ3n) is 4.91. The average molecular weight is 466 g/mol. The molecule has 1 aromatic carbocycles. The van der Waals surface area contributed by atoms with Crippen molar-refractivity contribution in [2.24, 2.45) is 5.73 Å². The molecule has 166 valence electrons. The predicted molar refractivity (Wildman–Crippen MR) is 116 cm³/mol. The quantitative estimate of drug-likeness (QED) is 0.672. The molecule has 3 amide bonds. The molecule has 3 N–H and O–H groups in total. The van der Waals surface area contributed by atoms with Crippen molar-refractivity contribution in [1.82, 2.24) is 4.90 Å². The van der Waals surface area contributed by atoms with Crippen molar-refractivity contribution in [3.63, 3.8) is 0 Å². The zero-order valence-electron chi connectivity index (χ0n) is 17.1. The molecule has 2 aromatic rings. The molecular formula is C20H23N3O6S2. The number of thiophene rings is 1. The number of hydrogen-bond donors (Lipinski definition) is 2. The summed E-state index contributed by atoms with van der Waals surface area (Å²) in [7, 11) is -3.37. The number of nitrogens with one attached hydrogen (secondary N) is 1. The Labute approximate surface area is 184 Å². The maximum Gasteiger partial charge on any atom is 0.410 e. The fourth-order valence-electron chi connectivity index (χ4n) is 3.28. The third kappa shape index (κ3) is 4.72. The Morgan fingerprint density at radius 2 is 1.87 bits per heavy atom. The van der Waals surface area contributed by atoms with Gasteiger partial charge in [0.2, 0.25) is 0 Å². The molecule has 2 heterocycles. The minimum Gasteiger partial charge on any atom is -0.450 e. The lowest BCUT2D eigenvalue weighted by atomic mass is 10.0. The molecule has 1 aliphatic heterocycles. The summed E-state index contributed by atoms with van der Waals surface area (Å²) >= 11 is 1.19. The van der Waals surface area contributed by atoms with E-state index in [0.717, 1.165) is 10.4 Å². The Hall–Kier alpha value is -2.92. The molecule has 0 atom stereocenters. The summed E-state index contributed by atoms with van der Waals surface area (Å²) in [5, 5.41) is 3.01. The molecule has 1 aliphatic rings. The highest BCUT2D eigenvalue weighted by Gasteiger charge is 2.30. The van der Waals surface area contributed by atoms with Crippen molar-refractivity contribution >= 4 is 44.1 Å². The Morgan fingerprint density at radius 3 is 2.45 bits per heavy atom. The van der Waals surface area contributed by atoms with Crippen LogP contribution in [-0.2, 0) is 27.5 Å². The first-order valence-corrected chi connectivity index (χ1v) is 12.1. The number of carbonyl (C=O) groups excluding carboxylic acids is 3. The van der Waals surface area contributed by atoms with Gasteiger partial charge in [-0.25, -0.2) is 13.2 Å². The van der Waals surface area contributed by atoms with Crippen molar-refractivity contribution in [3.8, 4) is 0 Å². The lowest BCUT2D eigenvalue weighted by Crippen LogP contribution is -2.36. The van der Waals surface area contributed by atoms with Crippen LogP contribution in [-0.4, -0.2) is 50.1 Å². The van der Waals surface area contributed by atoms with Crippen molar-refractivity contribution in [1.29, 1.82) is 0 Å². The summed E-state index contributed by atoms with van der Waals surface area (Å²) in [4.78, 5) is 39.2. The second kappa shape index (κ2) is 9.06. The topological polar surface area (TPSA) is 136 Å². The summed E-state index contributed by atoms with van der Waals surface area (Å²) in [5.41, 5.74) is 6.77. The number of nitrogens with two attached hydrogens (primary N) is 1. The Balaban J connectivity index is 1.84. The van der Waals surface area contributed by atoms with Crippen LogP contribution in [0.4, 0.5) is 9.80 Å². The van der Waals surface area contributed by atoms with Crippen molar-refractivity contribution < 1.29 is 27.5 Å². The van der Waals surface area contributed by atoms with Gasteiger partial charge in [-0.1, -0.05) is 6.92 Å². The second-order valence-corrected chi connectivity index (χ2v) is 10.2. The van der Waals surface area contributed by atoms with E-state index >= 15 is 0 Å². The van der Waals surface area contributed by atoms with Crippen molar-refractivity contribution in [2.75, 3.05) is 24.2 Å². The van der Waals surface area contributed by atoms with Gasteiger partial charge in [-0.3, -0.25) is 9.59 Å². The highest BCUT2D eigenvalue weighted by Crippen LogP contribution is 2.37. The van der Waals surface area contributed by atoms with Gasteiger partial charge in [0.05, 0.1) is 29.4 Å². The maximum absolute atomic E-state index is 12.7. The van der Waals surface area contributed by atoms with E-state index in [1.165, 1.54) is 40.5 Å². The van der Waals surface area contributed by atoms with Crippen LogP contribution in [0.5, 0.6) is 0 Å². The summed E-state index contributed by atoms with van der Waals surface area (Å²) in [6.45, 7) is 4.17. The Morgan fingerprint density at radius 1 is 1.19 bits per heavy atom. The number of amides is 3. The molecule has 3 rings (SSSR count). The zero-order chi connectivity index (χ0) is 22.8. The minimum absolute atomic E-state index is 0.0376. The summed E-state index contributed by atoms with van der Waals surface area (Å²) in [5.74, 6) is -1.20. The first kappa shape index (κ1) is 22.8. The van der Waals surface area contributed by atoms with Crippen LogP contribution in [0.25, 0.3) is 0 Å². The number of carbonyl (C=O) groups is 3. The van der Waals surface area contributed by atoms with Crippen molar-refractivity contribution in [3.05, 3.63) is 45.8 Å². The second-order valence-electron chi connectivity index (χ2n) is 6.82. The van der Waals surface area contributed by atoms with E-state index < -0.39 is 27.7 Å². The van der Waals surface area contributed by atoms with Crippen LogP contribution in [0, 0.1) is 0 Å². The highest BCUT2D eigenvalue weighted by atomic mass is 32.2. The fourth-order valence-corrected chi connectivity index (χ4v) is 5.43. The number of primary amides is 1. The molecule has 0 aliphatic carbocycles. The van der Waals surface area contributed by atoms with E-state index in [4.69, 9.17) is 10.5 Å². The first-order chi connectivity index (χ1) is 14.7. The van der Waals surface area contributed by atoms with E-state index in [1.807, 2.05) is 0 Å². The number of benzene rings is 1. The number of hydrogen-bond acceptors (Lipinski definition) is 7. The van der Waals surface area contributed by atoms with Gasteiger partial charge in [-0.2, -0.15) is 0 Å². The molecule has 9 nitrogen and oxygen atoms in total. The molecule has 0 saturated heterocycles. The van der Waals surface area contributed by atoms with Gasteiger partial charge >= 0.3 is 6.09 Å². The fraction of sp³-hybridized carbons (Fsp3) is 0.350. The van der Waals surface area contributed by atoms with Crippen LogP contribution in [0.2, 0.25) is 0 Å². The number of nitrogens with zero attached hydrogens (tertiary/aromatic N) is 1. The molecule has 0 radical (unpaired) electrons. The van der Waals surface area contributed by atoms with E-state index in [0.29, 0.717) is 18.0 Å². The maximum atomic E-state index is 12.7. The van der Waals surface area contributed by atoms with E-state index in [-0.39, 0.29) is 34.9 Å². The van der Waals surface area contributed by atoms with Crippen LogP contribution < -0.4 is 11.1 Å². The standard InChI is InChI=1S/C20H23N3O6S2/c1-3-29-20(26)23-10-9-14-15(11-23)30-19(16(14)17(21)24)22-18(25)12-5-7-13(8-6-12)31(27,28)4-2/h5-8H,3-4,9-11H2,1-2H3,(H2,21,24)(H,22,25). The van der Waals surface area contributed by atoms with E-state index in [1.54, 1.807) is 13.8 Å². The van der Waals surface area contributed by atoms with Gasteiger partial charge in [0.15, 0.2) is 9.84 Å². The largest absolute Gasteiger partial charge is 0.450 e. The molecule has 0 spiro atoms. The smallest absolute Gasteiger partial charge is 0.410 e. The minimum atomic E-state index is -3.37. The average Bonchev–Trinajstić information content (AvgIpc) is 3.11. The molecule has 0 unspecified atom stereocenters. The number of fused-ring (bicyclic) bond motifs is 1. The van der Waals surface area contributed by atoms with E-state index in [2.05, 4.69) is 5.32 Å². The van der Waals surface area contributed by atoms with Crippen LogP contribution in [0.15, 0.2) is 29.2 Å². The molecule has 1 aromatic heterocycles. The summed E-state index contributed by atoms with van der Waals surface area (Å²) < 4.78 is 28.9. The Bertz CT molecular complexity index is 1120. The first-order valence-electron chi connectivity index (χ1n) is 9.68. The number of rotatable bonds is 6. The van der Waals surface area contributed by atoms with Crippen LogP contribution >= 0.6 is 11.3 Å². The summed E-state index contributed by atoms with van der Waals surface area (Å²) in [6, 6.07) is 5.58. The highest BCUT2D eigenvalue weighted by molar-refractivity contribution is 7.91. The summed E-state index contributed by atoms with van der Waals surface area (Å²) in [6.07, 6.45) is -0.0163. The van der Waals surface area contributed by atoms with Gasteiger partial charge in [-0.15, -0.1) is 11.3 Å². The Kier molecular flexibility index (Phi) is 6.65. The molecule has 0 bridgehead atoms.